The van der Waals surface area contributed by atoms with E-state index in [0.717, 1.165) is 23.1 Å². The van der Waals surface area contributed by atoms with Gasteiger partial charge in [0.1, 0.15) is 0 Å². The van der Waals surface area contributed by atoms with Gasteiger partial charge in [0.05, 0.1) is 5.88 Å². The van der Waals surface area contributed by atoms with E-state index >= 15 is 0 Å². The number of anilines is 1. The molecule has 0 spiro atoms. The predicted octanol–water partition coefficient (Wildman–Crippen LogP) is 3.12. The molecule has 1 fully saturated rings. The Morgan fingerprint density at radius 1 is 1.64 bits per heavy atom. The molecule has 1 saturated heterocycles. The summed E-state index contributed by atoms with van der Waals surface area (Å²) in [7, 11) is 0. The Morgan fingerprint density at radius 3 is 2.86 bits per heavy atom. The van der Waals surface area contributed by atoms with Crippen LogP contribution in [0.2, 0.25) is 0 Å². The van der Waals surface area contributed by atoms with E-state index in [1.165, 1.54) is 6.42 Å². The molecule has 0 N–H and O–H groups in total. The van der Waals surface area contributed by atoms with Gasteiger partial charge in [-0.2, -0.15) is 0 Å². The SMILES string of the molecule is CCC1(C)CN(c2ncc(CCl)s2)C1. The van der Waals surface area contributed by atoms with Gasteiger partial charge in [-0.25, -0.2) is 4.98 Å². The summed E-state index contributed by atoms with van der Waals surface area (Å²) in [5.41, 5.74) is 0.507. The molecule has 1 aliphatic rings. The fraction of sp³-hybridized carbons (Fsp3) is 0.700. The van der Waals surface area contributed by atoms with Gasteiger partial charge in [0.25, 0.3) is 0 Å². The van der Waals surface area contributed by atoms with Crippen LogP contribution in [0.1, 0.15) is 25.1 Å². The Balaban J connectivity index is 1.99. The van der Waals surface area contributed by atoms with Crippen LogP contribution in [-0.2, 0) is 5.88 Å². The highest BCUT2D eigenvalue weighted by molar-refractivity contribution is 7.15. The van der Waals surface area contributed by atoms with Crippen molar-refractivity contribution < 1.29 is 0 Å². The van der Waals surface area contributed by atoms with Crippen LogP contribution in [0.5, 0.6) is 0 Å². The highest BCUT2D eigenvalue weighted by Crippen LogP contribution is 2.38. The maximum Gasteiger partial charge on any atom is 0.185 e. The third kappa shape index (κ3) is 1.75. The second kappa shape index (κ2) is 3.70. The Morgan fingerprint density at radius 2 is 2.36 bits per heavy atom. The lowest BCUT2D eigenvalue weighted by Gasteiger charge is -2.47. The van der Waals surface area contributed by atoms with E-state index < -0.39 is 0 Å². The zero-order valence-electron chi connectivity index (χ0n) is 8.59. The van der Waals surface area contributed by atoms with Gasteiger partial charge in [-0.3, -0.25) is 0 Å². The first kappa shape index (κ1) is 10.2. The lowest BCUT2D eigenvalue weighted by atomic mass is 9.80. The number of aromatic nitrogens is 1. The van der Waals surface area contributed by atoms with Crippen LogP contribution in [0.25, 0.3) is 0 Å². The zero-order chi connectivity index (χ0) is 10.2. The molecular formula is C10H15ClN2S. The fourth-order valence-corrected chi connectivity index (χ4v) is 2.73. The van der Waals surface area contributed by atoms with E-state index in [1.807, 2.05) is 6.20 Å². The minimum absolute atomic E-state index is 0.507. The molecule has 1 aromatic rings. The van der Waals surface area contributed by atoms with Crippen molar-refractivity contribution in [2.24, 2.45) is 5.41 Å². The van der Waals surface area contributed by atoms with Gasteiger partial charge in [-0.15, -0.1) is 22.9 Å². The second-order valence-electron chi connectivity index (χ2n) is 4.26. The first-order chi connectivity index (χ1) is 6.67. The van der Waals surface area contributed by atoms with Crippen LogP contribution in [0.15, 0.2) is 6.20 Å². The second-order valence-corrected chi connectivity index (χ2v) is 5.62. The maximum absolute atomic E-state index is 5.74. The van der Waals surface area contributed by atoms with Crippen LogP contribution in [-0.4, -0.2) is 18.1 Å². The lowest BCUT2D eigenvalue weighted by Crippen LogP contribution is -2.54. The molecule has 78 valence electrons. The summed E-state index contributed by atoms with van der Waals surface area (Å²) in [5, 5.41) is 1.13. The van der Waals surface area contributed by atoms with E-state index in [1.54, 1.807) is 11.3 Å². The van der Waals surface area contributed by atoms with E-state index in [4.69, 9.17) is 11.6 Å². The summed E-state index contributed by atoms with van der Waals surface area (Å²) in [6.45, 7) is 6.86. The summed E-state index contributed by atoms with van der Waals surface area (Å²) in [5.74, 6) is 0.580. The minimum atomic E-state index is 0.507. The summed E-state index contributed by atoms with van der Waals surface area (Å²) in [4.78, 5) is 7.87. The third-order valence-electron chi connectivity index (χ3n) is 2.94. The minimum Gasteiger partial charge on any atom is -0.347 e. The number of hydrogen-bond acceptors (Lipinski definition) is 3. The molecule has 0 atom stereocenters. The monoisotopic (exact) mass is 230 g/mol. The first-order valence-corrected chi connectivity index (χ1v) is 6.27. The molecule has 0 aromatic carbocycles. The summed E-state index contributed by atoms with van der Waals surface area (Å²) in [6.07, 6.45) is 3.13. The molecule has 0 aliphatic carbocycles. The van der Waals surface area contributed by atoms with Crippen molar-refractivity contribution >= 4 is 28.1 Å². The summed E-state index contributed by atoms with van der Waals surface area (Å²) in [6, 6.07) is 0. The molecule has 14 heavy (non-hydrogen) atoms. The van der Waals surface area contributed by atoms with Crippen LogP contribution >= 0.6 is 22.9 Å². The molecule has 0 saturated carbocycles. The van der Waals surface area contributed by atoms with Gasteiger partial charge in [-0.05, 0) is 6.42 Å². The van der Waals surface area contributed by atoms with Gasteiger partial charge in [0, 0.05) is 29.6 Å². The summed E-state index contributed by atoms with van der Waals surface area (Å²) < 4.78 is 0. The van der Waals surface area contributed by atoms with Crippen LogP contribution in [0, 0.1) is 5.41 Å². The van der Waals surface area contributed by atoms with Crippen LogP contribution < -0.4 is 4.90 Å². The largest absolute Gasteiger partial charge is 0.347 e. The van der Waals surface area contributed by atoms with Crippen LogP contribution in [0.3, 0.4) is 0 Å². The molecule has 0 amide bonds. The van der Waals surface area contributed by atoms with Crippen molar-refractivity contribution in [3.8, 4) is 0 Å². The smallest absolute Gasteiger partial charge is 0.185 e. The van der Waals surface area contributed by atoms with Gasteiger partial charge >= 0.3 is 0 Å². The van der Waals surface area contributed by atoms with Crippen molar-refractivity contribution in [3.63, 3.8) is 0 Å². The highest BCUT2D eigenvalue weighted by Gasteiger charge is 2.38. The highest BCUT2D eigenvalue weighted by atomic mass is 35.5. The summed E-state index contributed by atoms with van der Waals surface area (Å²) >= 11 is 7.45. The van der Waals surface area contributed by atoms with Crippen molar-refractivity contribution in [3.05, 3.63) is 11.1 Å². The first-order valence-electron chi connectivity index (χ1n) is 4.92. The molecule has 2 rings (SSSR count). The predicted molar refractivity (Wildman–Crippen MR) is 62.3 cm³/mol. The van der Waals surface area contributed by atoms with Gasteiger partial charge in [0.15, 0.2) is 5.13 Å². The normalized spacial score (nSPS) is 19.5. The molecule has 1 aromatic heterocycles. The number of nitrogens with zero attached hydrogens (tertiary/aromatic N) is 2. The molecule has 2 heterocycles. The molecule has 0 radical (unpaired) electrons. The molecule has 2 nitrogen and oxygen atoms in total. The lowest BCUT2D eigenvalue weighted by molar-refractivity contribution is 0.234. The standard InChI is InChI=1S/C10H15ClN2S/c1-3-10(2)6-13(7-10)9-12-5-8(4-11)14-9/h5H,3-4,6-7H2,1-2H3. The number of halogens is 1. The van der Waals surface area contributed by atoms with Crippen molar-refractivity contribution in [1.82, 2.24) is 4.98 Å². The van der Waals surface area contributed by atoms with E-state index in [0.29, 0.717) is 11.3 Å². The Labute approximate surface area is 93.9 Å². The molecule has 4 heteroatoms. The van der Waals surface area contributed by atoms with Crippen molar-refractivity contribution in [1.29, 1.82) is 0 Å². The van der Waals surface area contributed by atoms with E-state index in [9.17, 15) is 0 Å². The quantitative estimate of drug-likeness (QED) is 0.742. The molecule has 0 bridgehead atoms. The van der Waals surface area contributed by atoms with E-state index in [2.05, 4.69) is 23.7 Å². The number of alkyl halides is 1. The Kier molecular flexibility index (Phi) is 2.71. The molecule has 0 unspecified atom stereocenters. The Bertz CT molecular complexity index is 318. The average Bonchev–Trinajstić information content (AvgIpc) is 2.61. The topological polar surface area (TPSA) is 16.1 Å². The maximum atomic E-state index is 5.74. The fourth-order valence-electron chi connectivity index (χ4n) is 1.74. The van der Waals surface area contributed by atoms with Gasteiger partial charge < -0.3 is 4.90 Å². The van der Waals surface area contributed by atoms with Crippen molar-refractivity contribution in [2.75, 3.05) is 18.0 Å². The third-order valence-corrected chi connectivity index (χ3v) is 4.45. The number of thiazole rings is 1. The Hall–Kier alpha value is -0.280. The van der Waals surface area contributed by atoms with Crippen molar-refractivity contribution in [2.45, 2.75) is 26.1 Å². The van der Waals surface area contributed by atoms with E-state index in [-0.39, 0.29) is 0 Å². The van der Waals surface area contributed by atoms with Gasteiger partial charge in [0.2, 0.25) is 0 Å². The number of hydrogen-bond donors (Lipinski definition) is 0. The number of rotatable bonds is 3. The zero-order valence-corrected chi connectivity index (χ0v) is 10.2. The average molecular weight is 231 g/mol. The molecular weight excluding hydrogens is 216 g/mol. The van der Waals surface area contributed by atoms with Crippen LogP contribution in [0.4, 0.5) is 5.13 Å². The van der Waals surface area contributed by atoms with Gasteiger partial charge in [-0.1, -0.05) is 13.8 Å². The molecule has 1 aliphatic heterocycles.